The van der Waals surface area contributed by atoms with E-state index in [1.54, 1.807) is 4.68 Å². The molecule has 0 radical (unpaired) electrons. The van der Waals surface area contributed by atoms with Gasteiger partial charge in [0.15, 0.2) is 5.65 Å². The standard InChI is InChI=1S/C17H19N5O/c1-9-6-4-5-7-11(9)12-8-13(12)17(23)18-15-14-10(2)21-22(3)16(14)20-19-15/h4-7,12-13H,8H2,1-3H3,(H2,18,19,20,23). The first-order valence-electron chi connectivity index (χ1n) is 7.80. The van der Waals surface area contributed by atoms with Crippen molar-refractivity contribution in [3.63, 3.8) is 0 Å². The van der Waals surface area contributed by atoms with E-state index in [-0.39, 0.29) is 11.8 Å². The van der Waals surface area contributed by atoms with Crippen LogP contribution in [-0.2, 0) is 11.8 Å². The van der Waals surface area contributed by atoms with Crippen LogP contribution >= 0.6 is 0 Å². The predicted octanol–water partition coefficient (Wildman–Crippen LogP) is 2.66. The van der Waals surface area contributed by atoms with Gasteiger partial charge in [0.2, 0.25) is 5.91 Å². The molecule has 2 atom stereocenters. The summed E-state index contributed by atoms with van der Waals surface area (Å²) in [5.74, 6) is 1.05. The summed E-state index contributed by atoms with van der Waals surface area (Å²) in [7, 11) is 1.84. The Morgan fingerprint density at radius 1 is 1.35 bits per heavy atom. The molecule has 0 saturated heterocycles. The summed E-state index contributed by atoms with van der Waals surface area (Å²) in [6, 6.07) is 8.28. The Kier molecular flexibility index (Phi) is 3.01. The monoisotopic (exact) mass is 309 g/mol. The molecule has 2 aromatic heterocycles. The van der Waals surface area contributed by atoms with Gasteiger partial charge in [-0.3, -0.25) is 9.89 Å². The number of H-pyrrole nitrogens is 1. The number of amides is 1. The van der Waals surface area contributed by atoms with Crippen molar-refractivity contribution in [1.82, 2.24) is 20.0 Å². The summed E-state index contributed by atoms with van der Waals surface area (Å²) >= 11 is 0. The van der Waals surface area contributed by atoms with Crippen LogP contribution in [0.5, 0.6) is 0 Å². The molecule has 6 heteroatoms. The van der Waals surface area contributed by atoms with E-state index < -0.39 is 0 Å². The lowest BCUT2D eigenvalue weighted by Crippen LogP contribution is -2.15. The van der Waals surface area contributed by atoms with Crippen LogP contribution in [0.4, 0.5) is 5.82 Å². The van der Waals surface area contributed by atoms with Crippen LogP contribution in [-0.4, -0.2) is 25.9 Å². The number of carbonyl (C=O) groups excluding carboxylic acids is 1. The Morgan fingerprint density at radius 2 is 2.13 bits per heavy atom. The Balaban J connectivity index is 1.54. The number of rotatable bonds is 3. The zero-order chi connectivity index (χ0) is 16.1. The maximum absolute atomic E-state index is 12.5. The summed E-state index contributed by atoms with van der Waals surface area (Å²) in [6.45, 7) is 4.01. The molecule has 1 fully saturated rings. The zero-order valence-electron chi connectivity index (χ0n) is 13.4. The number of benzene rings is 1. The molecule has 1 amide bonds. The van der Waals surface area contributed by atoms with Crippen LogP contribution in [0, 0.1) is 19.8 Å². The van der Waals surface area contributed by atoms with Crippen molar-refractivity contribution in [3.8, 4) is 0 Å². The molecule has 1 aliphatic rings. The molecule has 1 saturated carbocycles. The highest BCUT2D eigenvalue weighted by molar-refractivity contribution is 6.02. The van der Waals surface area contributed by atoms with Gasteiger partial charge in [0, 0.05) is 13.0 Å². The quantitative estimate of drug-likeness (QED) is 0.781. The van der Waals surface area contributed by atoms with Gasteiger partial charge in [0.25, 0.3) is 0 Å². The van der Waals surface area contributed by atoms with Crippen molar-refractivity contribution < 1.29 is 4.79 Å². The van der Waals surface area contributed by atoms with Crippen LogP contribution in [0.15, 0.2) is 24.3 Å². The summed E-state index contributed by atoms with van der Waals surface area (Å²) in [4.78, 5) is 12.5. The summed E-state index contributed by atoms with van der Waals surface area (Å²) in [5.41, 5.74) is 4.14. The largest absolute Gasteiger partial charge is 0.310 e. The number of nitrogens with one attached hydrogen (secondary N) is 2. The van der Waals surface area contributed by atoms with Crippen LogP contribution in [0.3, 0.4) is 0 Å². The van der Waals surface area contributed by atoms with E-state index in [4.69, 9.17) is 0 Å². The molecule has 0 bridgehead atoms. The highest BCUT2D eigenvalue weighted by atomic mass is 16.2. The van der Waals surface area contributed by atoms with Crippen molar-refractivity contribution in [1.29, 1.82) is 0 Å². The summed E-state index contributed by atoms with van der Waals surface area (Å²) < 4.78 is 1.71. The van der Waals surface area contributed by atoms with Gasteiger partial charge >= 0.3 is 0 Å². The van der Waals surface area contributed by atoms with Crippen molar-refractivity contribution in [2.75, 3.05) is 5.32 Å². The normalized spacial score (nSPS) is 20.0. The van der Waals surface area contributed by atoms with E-state index in [9.17, 15) is 4.79 Å². The molecule has 0 spiro atoms. The molecule has 118 valence electrons. The molecule has 4 rings (SSSR count). The molecular formula is C17H19N5O. The second-order valence-electron chi connectivity index (χ2n) is 6.30. The number of aromatic nitrogens is 4. The third-order valence-electron chi connectivity index (χ3n) is 4.68. The number of anilines is 1. The third-order valence-corrected chi connectivity index (χ3v) is 4.68. The lowest BCUT2D eigenvalue weighted by molar-refractivity contribution is -0.117. The summed E-state index contributed by atoms with van der Waals surface area (Å²) in [6.07, 6.45) is 0.903. The number of aryl methyl sites for hydroxylation is 3. The molecule has 3 aromatic rings. The van der Waals surface area contributed by atoms with Crippen LogP contribution < -0.4 is 5.32 Å². The fourth-order valence-corrected chi connectivity index (χ4v) is 3.37. The molecule has 2 N–H and O–H groups in total. The molecule has 6 nitrogen and oxygen atoms in total. The minimum atomic E-state index is 0.0337. The fourth-order valence-electron chi connectivity index (χ4n) is 3.37. The van der Waals surface area contributed by atoms with Crippen LogP contribution in [0.1, 0.15) is 29.2 Å². The molecular weight excluding hydrogens is 290 g/mol. The highest BCUT2D eigenvalue weighted by Gasteiger charge is 2.44. The maximum atomic E-state index is 12.5. The molecule has 23 heavy (non-hydrogen) atoms. The number of hydrogen-bond donors (Lipinski definition) is 2. The number of nitrogens with zero attached hydrogens (tertiary/aromatic N) is 3. The average molecular weight is 309 g/mol. The predicted molar refractivity (Wildman–Crippen MR) is 88.3 cm³/mol. The van der Waals surface area contributed by atoms with Gasteiger partial charge in [0.05, 0.1) is 11.1 Å². The smallest absolute Gasteiger partial charge is 0.229 e. The Hall–Kier alpha value is -2.63. The number of carbonyl (C=O) groups is 1. The zero-order valence-corrected chi connectivity index (χ0v) is 13.4. The maximum Gasteiger partial charge on any atom is 0.229 e. The first-order valence-corrected chi connectivity index (χ1v) is 7.80. The van der Waals surface area contributed by atoms with Gasteiger partial charge in [-0.15, -0.1) is 0 Å². The molecule has 1 aliphatic carbocycles. The van der Waals surface area contributed by atoms with Crippen LogP contribution in [0.2, 0.25) is 0 Å². The lowest BCUT2D eigenvalue weighted by atomic mass is 10.0. The number of fused-ring (bicyclic) bond motifs is 1. The molecule has 2 unspecified atom stereocenters. The van der Waals surface area contributed by atoms with E-state index >= 15 is 0 Å². The molecule has 1 aromatic carbocycles. The topological polar surface area (TPSA) is 75.6 Å². The minimum absolute atomic E-state index is 0.0337. The van der Waals surface area contributed by atoms with E-state index in [0.717, 1.165) is 23.1 Å². The van der Waals surface area contributed by atoms with Gasteiger partial charge < -0.3 is 5.32 Å². The number of hydrogen-bond acceptors (Lipinski definition) is 3. The van der Waals surface area contributed by atoms with Gasteiger partial charge in [-0.1, -0.05) is 24.3 Å². The molecule has 0 aliphatic heterocycles. The average Bonchev–Trinajstić information content (AvgIpc) is 3.12. The second-order valence-corrected chi connectivity index (χ2v) is 6.30. The third kappa shape index (κ3) is 2.21. The number of aromatic amines is 1. The lowest BCUT2D eigenvalue weighted by Gasteiger charge is -2.05. The van der Waals surface area contributed by atoms with E-state index in [1.807, 2.05) is 26.1 Å². The van der Waals surface area contributed by atoms with Gasteiger partial charge in [0.1, 0.15) is 5.82 Å². The first kappa shape index (κ1) is 14.0. The van der Waals surface area contributed by atoms with Crippen molar-refractivity contribution in [2.45, 2.75) is 26.2 Å². The first-order chi connectivity index (χ1) is 11.1. The van der Waals surface area contributed by atoms with Gasteiger partial charge in [-0.2, -0.15) is 10.2 Å². The van der Waals surface area contributed by atoms with Gasteiger partial charge in [-0.25, -0.2) is 4.68 Å². The van der Waals surface area contributed by atoms with E-state index in [0.29, 0.717) is 11.7 Å². The summed E-state index contributed by atoms with van der Waals surface area (Å²) in [5, 5.41) is 15.3. The Bertz CT molecular complexity index is 907. The fraction of sp³-hybridized carbons (Fsp3) is 0.353. The van der Waals surface area contributed by atoms with E-state index in [2.05, 4.69) is 39.7 Å². The second kappa shape index (κ2) is 4.94. The highest BCUT2D eigenvalue weighted by Crippen LogP contribution is 2.49. The van der Waals surface area contributed by atoms with E-state index in [1.165, 1.54) is 11.1 Å². The van der Waals surface area contributed by atoms with Gasteiger partial charge in [-0.05, 0) is 37.3 Å². The SMILES string of the molecule is Cc1ccccc1C1CC1C(=O)Nc1[nH]nc2c1c(C)nn2C. The minimum Gasteiger partial charge on any atom is -0.310 e. The Labute approximate surface area is 133 Å². The van der Waals surface area contributed by atoms with Crippen molar-refractivity contribution >= 4 is 22.8 Å². The van der Waals surface area contributed by atoms with Crippen molar-refractivity contribution in [2.24, 2.45) is 13.0 Å². The molecule has 2 heterocycles. The Morgan fingerprint density at radius 3 is 2.91 bits per heavy atom. The van der Waals surface area contributed by atoms with Crippen LogP contribution in [0.25, 0.3) is 11.0 Å². The van der Waals surface area contributed by atoms with Crippen molar-refractivity contribution in [3.05, 3.63) is 41.1 Å².